The maximum Gasteiger partial charge on any atom is 0.335 e. The predicted octanol–water partition coefficient (Wildman–Crippen LogP) is 1.32. The maximum atomic E-state index is 12.1. The molecule has 0 unspecified atom stereocenters. The zero-order valence-electron chi connectivity index (χ0n) is 10.5. The van der Waals surface area contributed by atoms with E-state index in [1.807, 2.05) is 6.92 Å². The highest BCUT2D eigenvalue weighted by Crippen LogP contribution is 2.09. The van der Waals surface area contributed by atoms with Crippen molar-refractivity contribution in [3.8, 4) is 0 Å². The van der Waals surface area contributed by atoms with Gasteiger partial charge in [-0.15, -0.1) is 0 Å². The topological polar surface area (TPSA) is 94.9 Å². The summed E-state index contributed by atoms with van der Waals surface area (Å²) in [6.07, 6.45) is 0.623. The van der Waals surface area contributed by atoms with Gasteiger partial charge in [-0.05, 0) is 24.6 Å². The summed E-state index contributed by atoms with van der Waals surface area (Å²) in [6.45, 7) is 1.74. The Hall–Kier alpha value is -2.37. The van der Waals surface area contributed by atoms with E-state index in [1.54, 1.807) is 0 Å². The lowest BCUT2D eigenvalue weighted by molar-refractivity contribution is -0.137. The number of nitrogens with zero attached hydrogens (tertiary/aromatic N) is 1. The molecule has 6 nitrogen and oxygen atoms in total. The Balaban J connectivity index is 2.98. The van der Waals surface area contributed by atoms with Crippen LogP contribution in [0.15, 0.2) is 24.3 Å². The Bertz CT molecular complexity index is 498. The number of benzene rings is 1. The minimum atomic E-state index is -1.13. The lowest BCUT2D eigenvalue weighted by Crippen LogP contribution is -2.36. The Morgan fingerprint density at radius 1 is 1.16 bits per heavy atom. The Morgan fingerprint density at radius 3 is 2.32 bits per heavy atom. The molecule has 0 radical (unpaired) electrons. The SMILES string of the molecule is CCCN(CC(=O)O)C(=O)c1cccc(C(=O)O)c1. The number of hydrogen-bond donors (Lipinski definition) is 2. The molecule has 1 aromatic carbocycles. The molecule has 0 aliphatic heterocycles. The van der Waals surface area contributed by atoms with Gasteiger partial charge < -0.3 is 15.1 Å². The Kier molecular flexibility index (Phi) is 5.05. The highest BCUT2D eigenvalue weighted by molar-refractivity contribution is 5.98. The fourth-order valence-corrected chi connectivity index (χ4v) is 1.65. The Labute approximate surface area is 110 Å². The summed E-state index contributed by atoms with van der Waals surface area (Å²) in [5, 5.41) is 17.6. The number of carbonyl (C=O) groups is 3. The van der Waals surface area contributed by atoms with Crippen LogP contribution in [0.5, 0.6) is 0 Å². The molecule has 0 heterocycles. The molecule has 0 spiro atoms. The zero-order chi connectivity index (χ0) is 14.4. The largest absolute Gasteiger partial charge is 0.480 e. The second-order valence-corrected chi connectivity index (χ2v) is 4.01. The van der Waals surface area contributed by atoms with Crippen LogP contribution in [0.25, 0.3) is 0 Å². The van der Waals surface area contributed by atoms with Crippen LogP contribution in [0.4, 0.5) is 0 Å². The molecule has 0 saturated carbocycles. The standard InChI is InChI=1S/C13H15NO5/c1-2-6-14(8-11(15)16)12(17)9-4-3-5-10(7-9)13(18)19/h3-5,7H,2,6,8H2,1H3,(H,15,16)(H,18,19). The van der Waals surface area contributed by atoms with Crippen molar-refractivity contribution in [1.29, 1.82) is 0 Å². The predicted molar refractivity (Wildman–Crippen MR) is 67.2 cm³/mol. The molecule has 6 heteroatoms. The molecule has 0 aromatic heterocycles. The molecule has 1 aromatic rings. The van der Waals surface area contributed by atoms with Gasteiger partial charge in [-0.3, -0.25) is 9.59 Å². The molecule has 0 fully saturated rings. The summed E-state index contributed by atoms with van der Waals surface area (Å²) in [5.41, 5.74) is 0.173. The van der Waals surface area contributed by atoms with E-state index in [0.717, 1.165) is 0 Å². The molecule has 0 aliphatic carbocycles. The number of aromatic carboxylic acids is 1. The first-order valence-electron chi connectivity index (χ1n) is 5.80. The van der Waals surface area contributed by atoms with Gasteiger partial charge >= 0.3 is 11.9 Å². The van der Waals surface area contributed by atoms with Gasteiger partial charge in [0.15, 0.2) is 0 Å². The van der Waals surface area contributed by atoms with Gasteiger partial charge in [0.25, 0.3) is 5.91 Å². The number of amides is 1. The van der Waals surface area contributed by atoms with Gasteiger partial charge in [-0.1, -0.05) is 13.0 Å². The molecule has 19 heavy (non-hydrogen) atoms. The van der Waals surface area contributed by atoms with Crippen molar-refractivity contribution in [2.75, 3.05) is 13.1 Å². The third-order valence-corrected chi connectivity index (χ3v) is 2.46. The van der Waals surface area contributed by atoms with Crippen molar-refractivity contribution in [3.63, 3.8) is 0 Å². The second-order valence-electron chi connectivity index (χ2n) is 4.01. The minimum absolute atomic E-state index is 0.00220. The molecule has 0 saturated heterocycles. The summed E-state index contributed by atoms with van der Waals surface area (Å²) in [5.74, 6) is -2.71. The third kappa shape index (κ3) is 4.09. The van der Waals surface area contributed by atoms with E-state index in [0.29, 0.717) is 13.0 Å². The van der Waals surface area contributed by atoms with E-state index < -0.39 is 24.4 Å². The summed E-state index contributed by atoms with van der Waals surface area (Å²) >= 11 is 0. The van der Waals surface area contributed by atoms with E-state index in [9.17, 15) is 14.4 Å². The molecule has 0 aliphatic rings. The first-order valence-corrected chi connectivity index (χ1v) is 5.80. The fraction of sp³-hybridized carbons (Fsp3) is 0.308. The van der Waals surface area contributed by atoms with Gasteiger partial charge in [-0.2, -0.15) is 0 Å². The lowest BCUT2D eigenvalue weighted by atomic mass is 10.1. The highest BCUT2D eigenvalue weighted by atomic mass is 16.4. The summed E-state index contributed by atoms with van der Waals surface area (Å²) in [6, 6.07) is 5.55. The number of carboxylic acids is 2. The summed E-state index contributed by atoms with van der Waals surface area (Å²) < 4.78 is 0. The average molecular weight is 265 g/mol. The van der Waals surface area contributed by atoms with E-state index in [2.05, 4.69) is 0 Å². The Morgan fingerprint density at radius 2 is 1.79 bits per heavy atom. The van der Waals surface area contributed by atoms with Crippen molar-refractivity contribution >= 4 is 17.8 Å². The highest BCUT2D eigenvalue weighted by Gasteiger charge is 2.18. The molecular formula is C13H15NO5. The first-order chi connectivity index (χ1) is 8.95. The average Bonchev–Trinajstić information content (AvgIpc) is 2.37. The fourth-order valence-electron chi connectivity index (χ4n) is 1.65. The molecular weight excluding hydrogens is 250 g/mol. The quantitative estimate of drug-likeness (QED) is 0.808. The summed E-state index contributed by atoms with van der Waals surface area (Å²) in [7, 11) is 0. The van der Waals surface area contributed by atoms with Crippen LogP contribution in [-0.2, 0) is 4.79 Å². The van der Waals surface area contributed by atoms with Crippen molar-refractivity contribution in [2.45, 2.75) is 13.3 Å². The van der Waals surface area contributed by atoms with Crippen LogP contribution in [0.1, 0.15) is 34.1 Å². The van der Waals surface area contributed by atoms with Crippen molar-refractivity contribution in [3.05, 3.63) is 35.4 Å². The zero-order valence-corrected chi connectivity index (χ0v) is 10.5. The van der Waals surface area contributed by atoms with Crippen LogP contribution in [0, 0.1) is 0 Å². The van der Waals surface area contributed by atoms with E-state index >= 15 is 0 Å². The van der Waals surface area contributed by atoms with Gasteiger partial charge in [0, 0.05) is 12.1 Å². The van der Waals surface area contributed by atoms with Gasteiger partial charge in [0.05, 0.1) is 5.56 Å². The first kappa shape index (κ1) is 14.7. The molecule has 2 N–H and O–H groups in total. The van der Waals surface area contributed by atoms with E-state index in [1.165, 1.54) is 29.2 Å². The molecule has 0 atom stereocenters. The van der Waals surface area contributed by atoms with Crippen molar-refractivity contribution in [2.24, 2.45) is 0 Å². The molecule has 102 valence electrons. The summed E-state index contributed by atoms with van der Waals surface area (Å²) in [4.78, 5) is 34.8. The monoisotopic (exact) mass is 265 g/mol. The van der Waals surface area contributed by atoms with Crippen LogP contribution in [-0.4, -0.2) is 46.0 Å². The third-order valence-electron chi connectivity index (χ3n) is 2.46. The molecule has 1 rings (SSSR count). The number of hydrogen-bond acceptors (Lipinski definition) is 3. The normalized spacial score (nSPS) is 9.95. The van der Waals surface area contributed by atoms with Crippen molar-refractivity contribution in [1.82, 2.24) is 4.90 Å². The number of aliphatic carboxylic acids is 1. The molecule has 0 bridgehead atoms. The van der Waals surface area contributed by atoms with Crippen LogP contribution >= 0.6 is 0 Å². The second kappa shape index (κ2) is 6.53. The molecule has 1 amide bonds. The van der Waals surface area contributed by atoms with Gasteiger partial charge in [0.1, 0.15) is 6.54 Å². The smallest absolute Gasteiger partial charge is 0.335 e. The van der Waals surface area contributed by atoms with Crippen LogP contribution in [0.2, 0.25) is 0 Å². The minimum Gasteiger partial charge on any atom is -0.480 e. The van der Waals surface area contributed by atoms with Gasteiger partial charge in [0.2, 0.25) is 0 Å². The van der Waals surface area contributed by atoms with E-state index in [-0.39, 0.29) is 11.1 Å². The van der Waals surface area contributed by atoms with Crippen molar-refractivity contribution < 1.29 is 24.6 Å². The van der Waals surface area contributed by atoms with Crippen LogP contribution in [0.3, 0.4) is 0 Å². The lowest BCUT2D eigenvalue weighted by Gasteiger charge is -2.20. The number of carboxylic acid groups (broad SMARTS) is 2. The number of rotatable bonds is 6. The maximum absolute atomic E-state index is 12.1. The van der Waals surface area contributed by atoms with Gasteiger partial charge in [-0.25, -0.2) is 4.79 Å². The number of carbonyl (C=O) groups excluding carboxylic acids is 1. The van der Waals surface area contributed by atoms with Crippen LogP contribution < -0.4 is 0 Å². The van der Waals surface area contributed by atoms with E-state index in [4.69, 9.17) is 10.2 Å².